The molecule has 22 heavy (non-hydrogen) atoms. The minimum absolute atomic E-state index is 0.615. The maximum atomic E-state index is 11.1. The Kier molecular flexibility index (Phi) is 3.10. The molecule has 0 radical (unpaired) electrons. The Bertz CT molecular complexity index is 960. The van der Waals surface area contributed by atoms with E-state index in [0.29, 0.717) is 0 Å². The summed E-state index contributed by atoms with van der Waals surface area (Å²) in [6.07, 6.45) is -0.615. The van der Waals surface area contributed by atoms with Crippen LogP contribution in [0, 0.1) is 6.92 Å². The van der Waals surface area contributed by atoms with Crippen LogP contribution in [0.15, 0.2) is 41.8 Å². The van der Waals surface area contributed by atoms with Crippen molar-refractivity contribution in [3.05, 3.63) is 58.7 Å². The standard InChI is InChI=1S/C18H18N2OS/c1-3-20-15(10-12-8-9-22-18(12)20)17(21)16-11(2)19-14-7-5-4-6-13(14)16/h4-10,17,19,21H,3H2,1-2H3. The molecule has 1 unspecified atom stereocenters. The van der Waals surface area contributed by atoms with Gasteiger partial charge in [-0.1, -0.05) is 18.2 Å². The number of H-pyrrole nitrogens is 1. The molecule has 2 N–H and O–H groups in total. The molecule has 0 saturated heterocycles. The van der Waals surface area contributed by atoms with Crippen LogP contribution >= 0.6 is 11.3 Å². The lowest BCUT2D eigenvalue weighted by molar-refractivity contribution is 0.211. The van der Waals surface area contributed by atoms with Crippen molar-refractivity contribution in [1.82, 2.24) is 9.55 Å². The number of benzene rings is 1. The van der Waals surface area contributed by atoms with Gasteiger partial charge in [0.15, 0.2) is 0 Å². The number of nitrogens with one attached hydrogen (secondary N) is 1. The third kappa shape index (κ3) is 1.84. The number of fused-ring (bicyclic) bond motifs is 2. The molecule has 3 aromatic heterocycles. The minimum Gasteiger partial charge on any atom is -0.382 e. The van der Waals surface area contributed by atoms with Crippen molar-refractivity contribution in [3.63, 3.8) is 0 Å². The summed E-state index contributed by atoms with van der Waals surface area (Å²) < 4.78 is 2.21. The summed E-state index contributed by atoms with van der Waals surface area (Å²) in [5, 5.41) is 15.5. The quantitative estimate of drug-likeness (QED) is 0.571. The first-order valence-electron chi connectivity index (χ1n) is 7.52. The van der Waals surface area contributed by atoms with Crippen molar-refractivity contribution in [2.75, 3.05) is 0 Å². The zero-order valence-electron chi connectivity index (χ0n) is 12.6. The molecule has 1 aromatic carbocycles. The van der Waals surface area contributed by atoms with Crippen LogP contribution in [-0.4, -0.2) is 14.7 Å². The fourth-order valence-corrected chi connectivity index (χ4v) is 4.31. The van der Waals surface area contributed by atoms with Gasteiger partial charge >= 0.3 is 0 Å². The smallest absolute Gasteiger partial charge is 0.121 e. The van der Waals surface area contributed by atoms with Gasteiger partial charge in [-0.25, -0.2) is 0 Å². The number of para-hydroxylation sites is 1. The van der Waals surface area contributed by atoms with Crippen molar-refractivity contribution in [2.45, 2.75) is 26.5 Å². The van der Waals surface area contributed by atoms with Crippen LogP contribution in [0.4, 0.5) is 0 Å². The molecule has 0 aliphatic rings. The van der Waals surface area contributed by atoms with Gasteiger partial charge in [-0.15, -0.1) is 11.3 Å². The lowest BCUT2D eigenvalue weighted by Crippen LogP contribution is -2.08. The predicted octanol–water partition coefficient (Wildman–Crippen LogP) is 4.59. The van der Waals surface area contributed by atoms with Crippen LogP contribution in [0.5, 0.6) is 0 Å². The highest BCUT2D eigenvalue weighted by Gasteiger charge is 2.22. The van der Waals surface area contributed by atoms with Gasteiger partial charge < -0.3 is 14.7 Å². The number of hydrogen-bond donors (Lipinski definition) is 2. The van der Waals surface area contributed by atoms with Gasteiger partial charge in [0.25, 0.3) is 0 Å². The number of aliphatic hydroxyl groups excluding tert-OH is 1. The summed E-state index contributed by atoms with van der Waals surface area (Å²) in [6, 6.07) is 12.4. The number of hydrogen-bond acceptors (Lipinski definition) is 2. The van der Waals surface area contributed by atoms with Gasteiger partial charge in [-0.3, -0.25) is 0 Å². The first-order valence-corrected chi connectivity index (χ1v) is 8.40. The van der Waals surface area contributed by atoms with Crippen molar-refractivity contribution < 1.29 is 5.11 Å². The third-order valence-corrected chi connectivity index (χ3v) is 5.30. The van der Waals surface area contributed by atoms with E-state index < -0.39 is 6.10 Å². The Morgan fingerprint density at radius 1 is 1.27 bits per heavy atom. The van der Waals surface area contributed by atoms with Gasteiger partial charge in [0.05, 0.1) is 5.69 Å². The molecule has 4 heteroatoms. The SMILES string of the molecule is CCn1c(C(O)c2c(C)[nH]c3ccccc23)cc2ccsc21. The first-order chi connectivity index (χ1) is 10.7. The Morgan fingerprint density at radius 2 is 2.09 bits per heavy atom. The van der Waals surface area contributed by atoms with E-state index in [1.165, 1.54) is 10.2 Å². The molecule has 0 fully saturated rings. The van der Waals surface area contributed by atoms with Crippen molar-refractivity contribution in [2.24, 2.45) is 0 Å². The highest BCUT2D eigenvalue weighted by atomic mass is 32.1. The van der Waals surface area contributed by atoms with Crippen LogP contribution in [0.1, 0.15) is 30.0 Å². The Balaban J connectivity index is 1.93. The average Bonchev–Trinajstić information content (AvgIpc) is 3.17. The second kappa shape index (κ2) is 5.00. The molecule has 3 heterocycles. The summed E-state index contributed by atoms with van der Waals surface area (Å²) >= 11 is 1.73. The lowest BCUT2D eigenvalue weighted by Gasteiger charge is -2.15. The molecule has 0 spiro atoms. The van der Waals surface area contributed by atoms with E-state index in [0.717, 1.165) is 34.4 Å². The number of aromatic nitrogens is 2. The number of thiophene rings is 1. The molecule has 0 amide bonds. The topological polar surface area (TPSA) is 41.0 Å². The van der Waals surface area contributed by atoms with E-state index in [-0.39, 0.29) is 0 Å². The summed E-state index contributed by atoms with van der Waals surface area (Å²) in [7, 11) is 0. The minimum atomic E-state index is -0.615. The number of aromatic amines is 1. The van der Waals surface area contributed by atoms with Crippen LogP contribution in [0.3, 0.4) is 0 Å². The average molecular weight is 310 g/mol. The highest BCUT2D eigenvalue weighted by molar-refractivity contribution is 7.16. The van der Waals surface area contributed by atoms with Gasteiger partial charge in [-0.05, 0) is 37.4 Å². The molecule has 4 rings (SSSR count). The molecule has 0 bridgehead atoms. The number of nitrogens with zero attached hydrogens (tertiary/aromatic N) is 1. The van der Waals surface area contributed by atoms with E-state index in [1.54, 1.807) is 11.3 Å². The van der Waals surface area contributed by atoms with Crippen LogP contribution in [-0.2, 0) is 6.54 Å². The monoisotopic (exact) mass is 310 g/mol. The van der Waals surface area contributed by atoms with E-state index >= 15 is 0 Å². The van der Waals surface area contributed by atoms with E-state index in [2.05, 4.69) is 46.1 Å². The Labute approximate surface area is 132 Å². The predicted molar refractivity (Wildman–Crippen MR) is 92.6 cm³/mol. The molecule has 0 saturated carbocycles. The second-order valence-electron chi connectivity index (χ2n) is 5.61. The summed E-state index contributed by atoms with van der Waals surface area (Å²) in [4.78, 5) is 4.61. The molecule has 4 aromatic rings. The number of aryl methyl sites for hydroxylation is 2. The van der Waals surface area contributed by atoms with Gasteiger partial charge in [-0.2, -0.15) is 0 Å². The van der Waals surface area contributed by atoms with Crippen LogP contribution in [0.25, 0.3) is 21.1 Å². The van der Waals surface area contributed by atoms with Crippen molar-refractivity contribution in [1.29, 1.82) is 0 Å². The number of aliphatic hydroxyl groups is 1. The fraction of sp³-hybridized carbons (Fsp3) is 0.222. The summed E-state index contributed by atoms with van der Waals surface area (Å²) in [6.45, 7) is 5.01. The van der Waals surface area contributed by atoms with E-state index in [9.17, 15) is 5.11 Å². The molecular weight excluding hydrogens is 292 g/mol. The summed E-state index contributed by atoms with van der Waals surface area (Å²) in [5.41, 5.74) is 4.05. The maximum absolute atomic E-state index is 11.1. The maximum Gasteiger partial charge on any atom is 0.121 e. The van der Waals surface area contributed by atoms with Gasteiger partial charge in [0, 0.05) is 34.1 Å². The zero-order valence-corrected chi connectivity index (χ0v) is 13.4. The molecule has 0 aliphatic carbocycles. The molecule has 1 atom stereocenters. The van der Waals surface area contributed by atoms with E-state index in [1.807, 2.05) is 19.1 Å². The Morgan fingerprint density at radius 3 is 2.91 bits per heavy atom. The van der Waals surface area contributed by atoms with E-state index in [4.69, 9.17) is 0 Å². The van der Waals surface area contributed by atoms with Gasteiger partial charge in [0.2, 0.25) is 0 Å². The second-order valence-corrected chi connectivity index (χ2v) is 6.50. The Hall–Kier alpha value is -2.04. The van der Waals surface area contributed by atoms with Crippen LogP contribution in [0.2, 0.25) is 0 Å². The first kappa shape index (κ1) is 13.6. The number of rotatable bonds is 3. The molecule has 112 valence electrons. The summed E-state index contributed by atoms with van der Waals surface area (Å²) in [5.74, 6) is 0. The molecule has 3 nitrogen and oxygen atoms in total. The normalized spacial score (nSPS) is 13.2. The fourth-order valence-electron chi connectivity index (χ4n) is 3.35. The lowest BCUT2D eigenvalue weighted by atomic mass is 10.0. The van der Waals surface area contributed by atoms with Crippen molar-refractivity contribution in [3.8, 4) is 0 Å². The molecule has 0 aliphatic heterocycles. The van der Waals surface area contributed by atoms with Gasteiger partial charge in [0.1, 0.15) is 10.9 Å². The third-order valence-electron chi connectivity index (χ3n) is 4.35. The highest BCUT2D eigenvalue weighted by Crippen LogP contribution is 2.35. The van der Waals surface area contributed by atoms with Crippen molar-refractivity contribution >= 4 is 32.5 Å². The largest absolute Gasteiger partial charge is 0.382 e. The molecular formula is C18H18N2OS. The van der Waals surface area contributed by atoms with Crippen LogP contribution < -0.4 is 0 Å². The zero-order chi connectivity index (χ0) is 15.3.